The molecular formula is C10H13NO. The highest BCUT2D eigenvalue weighted by atomic mass is 16.3. The van der Waals surface area contributed by atoms with Gasteiger partial charge < -0.3 is 5.11 Å². The second-order valence-electron chi connectivity index (χ2n) is 3.26. The minimum absolute atomic E-state index is 0.381. The quantitative estimate of drug-likeness (QED) is 0.681. The van der Waals surface area contributed by atoms with Gasteiger partial charge in [0.1, 0.15) is 5.75 Å². The normalized spacial score (nSPS) is 16.4. The van der Waals surface area contributed by atoms with Crippen molar-refractivity contribution in [3.63, 3.8) is 0 Å². The summed E-state index contributed by atoms with van der Waals surface area (Å²) in [5.74, 6) is 0.381. The van der Waals surface area contributed by atoms with Crippen LogP contribution in [0.15, 0.2) is 18.2 Å². The largest absolute Gasteiger partial charge is 0.508 e. The molecule has 0 saturated carbocycles. The van der Waals surface area contributed by atoms with Crippen LogP contribution in [0.2, 0.25) is 0 Å². The van der Waals surface area contributed by atoms with E-state index < -0.39 is 0 Å². The van der Waals surface area contributed by atoms with Gasteiger partial charge in [0.05, 0.1) is 0 Å². The zero-order valence-electron chi connectivity index (χ0n) is 7.25. The van der Waals surface area contributed by atoms with Crippen LogP contribution in [-0.4, -0.2) is 16.6 Å². The van der Waals surface area contributed by atoms with E-state index in [-0.39, 0.29) is 0 Å². The van der Waals surface area contributed by atoms with Crippen molar-refractivity contribution >= 4 is 0 Å². The highest BCUT2D eigenvalue weighted by molar-refractivity contribution is 5.37. The number of rotatable bonds is 1. The number of phenols is 1. The first kappa shape index (κ1) is 7.62. The van der Waals surface area contributed by atoms with E-state index in [2.05, 4.69) is 11.8 Å². The Labute approximate surface area is 72.4 Å². The topological polar surface area (TPSA) is 23.5 Å². The lowest BCUT2D eigenvalue weighted by molar-refractivity contribution is 0.301. The summed E-state index contributed by atoms with van der Waals surface area (Å²) in [4.78, 5) is 2.35. The second-order valence-corrected chi connectivity index (χ2v) is 3.26. The first-order valence-electron chi connectivity index (χ1n) is 4.32. The van der Waals surface area contributed by atoms with Gasteiger partial charge in [-0.15, -0.1) is 0 Å². The monoisotopic (exact) mass is 163 g/mol. The van der Waals surface area contributed by atoms with E-state index >= 15 is 0 Å². The van der Waals surface area contributed by atoms with E-state index in [0.717, 1.165) is 19.6 Å². The van der Waals surface area contributed by atoms with E-state index in [1.165, 1.54) is 11.1 Å². The van der Waals surface area contributed by atoms with Gasteiger partial charge in [0, 0.05) is 13.1 Å². The maximum atomic E-state index is 9.24. The van der Waals surface area contributed by atoms with Crippen molar-refractivity contribution < 1.29 is 5.11 Å². The number of phenolic OH excluding ortho intramolecular Hbond substituents is 1. The molecule has 0 fully saturated rings. The third-order valence-corrected chi connectivity index (χ3v) is 2.42. The molecule has 2 nitrogen and oxygen atoms in total. The third kappa shape index (κ3) is 1.18. The fraction of sp³-hybridized carbons (Fsp3) is 0.400. The molecule has 1 aliphatic rings. The van der Waals surface area contributed by atoms with Crippen molar-refractivity contribution in [2.75, 3.05) is 6.54 Å². The molecule has 0 spiro atoms. The molecule has 0 unspecified atom stereocenters. The van der Waals surface area contributed by atoms with Gasteiger partial charge in [0.15, 0.2) is 0 Å². The van der Waals surface area contributed by atoms with Crippen LogP contribution in [0, 0.1) is 0 Å². The average molecular weight is 163 g/mol. The van der Waals surface area contributed by atoms with Gasteiger partial charge in [-0.1, -0.05) is 13.0 Å². The molecule has 12 heavy (non-hydrogen) atoms. The lowest BCUT2D eigenvalue weighted by Gasteiger charge is -2.09. The lowest BCUT2D eigenvalue weighted by atomic mass is 10.1. The van der Waals surface area contributed by atoms with E-state index in [9.17, 15) is 5.11 Å². The van der Waals surface area contributed by atoms with Crippen molar-refractivity contribution in [1.29, 1.82) is 0 Å². The highest BCUT2D eigenvalue weighted by Crippen LogP contribution is 2.25. The number of hydrogen-bond donors (Lipinski definition) is 1. The SMILES string of the molecule is CCN1Cc2ccc(O)cc2C1. The molecule has 0 amide bonds. The van der Waals surface area contributed by atoms with Gasteiger partial charge in [-0.2, -0.15) is 0 Å². The molecule has 0 radical (unpaired) electrons. The molecule has 64 valence electrons. The van der Waals surface area contributed by atoms with Crippen molar-refractivity contribution in [2.24, 2.45) is 0 Å². The van der Waals surface area contributed by atoms with Crippen LogP contribution in [0.4, 0.5) is 0 Å². The van der Waals surface area contributed by atoms with Gasteiger partial charge in [-0.25, -0.2) is 0 Å². The Hall–Kier alpha value is -1.02. The zero-order valence-corrected chi connectivity index (χ0v) is 7.25. The Bertz CT molecular complexity index is 296. The van der Waals surface area contributed by atoms with Crippen molar-refractivity contribution in [3.05, 3.63) is 29.3 Å². The summed E-state index contributed by atoms with van der Waals surface area (Å²) in [5.41, 5.74) is 2.63. The van der Waals surface area contributed by atoms with E-state index in [1.54, 1.807) is 6.07 Å². The maximum absolute atomic E-state index is 9.24. The van der Waals surface area contributed by atoms with Crippen LogP contribution in [0.5, 0.6) is 5.75 Å². The Morgan fingerprint density at radius 1 is 1.33 bits per heavy atom. The third-order valence-electron chi connectivity index (χ3n) is 2.42. The average Bonchev–Trinajstić information content (AvgIpc) is 2.46. The summed E-state index contributed by atoms with van der Waals surface area (Å²) < 4.78 is 0. The first-order valence-corrected chi connectivity index (χ1v) is 4.32. The molecule has 0 atom stereocenters. The number of fused-ring (bicyclic) bond motifs is 1. The van der Waals surface area contributed by atoms with Crippen LogP contribution in [0.25, 0.3) is 0 Å². The fourth-order valence-electron chi connectivity index (χ4n) is 1.68. The summed E-state index contributed by atoms with van der Waals surface area (Å²) in [5, 5.41) is 9.24. The molecule has 2 heteroatoms. The van der Waals surface area contributed by atoms with Crippen molar-refractivity contribution in [1.82, 2.24) is 4.90 Å². The van der Waals surface area contributed by atoms with E-state index in [1.807, 2.05) is 12.1 Å². The smallest absolute Gasteiger partial charge is 0.115 e. The fourth-order valence-corrected chi connectivity index (χ4v) is 1.68. The van der Waals surface area contributed by atoms with Crippen LogP contribution < -0.4 is 0 Å². The molecular weight excluding hydrogens is 150 g/mol. The molecule has 1 N–H and O–H groups in total. The summed E-state index contributed by atoms with van der Waals surface area (Å²) >= 11 is 0. The summed E-state index contributed by atoms with van der Waals surface area (Å²) in [6, 6.07) is 5.64. The Morgan fingerprint density at radius 3 is 2.83 bits per heavy atom. The molecule has 1 aromatic rings. The number of aromatic hydroxyl groups is 1. The minimum Gasteiger partial charge on any atom is -0.508 e. The standard InChI is InChI=1S/C10H13NO/c1-2-11-6-8-3-4-10(12)5-9(8)7-11/h3-5,12H,2,6-7H2,1H3. The van der Waals surface area contributed by atoms with Crippen molar-refractivity contribution in [2.45, 2.75) is 20.0 Å². The molecule has 2 rings (SSSR count). The molecule has 0 bridgehead atoms. The Kier molecular flexibility index (Phi) is 1.77. The van der Waals surface area contributed by atoms with E-state index in [4.69, 9.17) is 0 Å². The number of benzene rings is 1. The summed E-state index contributed by atoms with van der Waals surface area (Å²) in [6.07, 6.45) is 0. The van der Waals surface area contributed by atoms with Crippen LogP contribution in [0.1, 0.15) is 18.1 Å². The van der Waals surface area contributed by atoms with Crippen LogP contribution in [0.3, 0.4) is 0 Å². The summed E-state index contributed by atoms with van der Waals surface area (Å²) in [6.45, 7) is 5.26. The Morgan fingerprint density at radius 2 is 2.08 bits per heavy atom. The molecule has 0 saturated heterocycles. The summed E-state index contributed by atoms with van der Waals surface area (Å²) in [7, 11) is 0. The number of nitrogens with zero attached hydrogens (tertiary/aromatic N) is 1. The minimum atomic E-state index is 0.381. The van der Waals surface area contributed by atoms with Gasteiger partial charge in [0.2, 0.25) is 0 Å². The predicted octanol–water partition coefficient (Wildman–Crippen LogP) is 1.73. The molecule has 0 aromatic heterocycles. The highest BCUT2D eigenvalue weighted by Gasteiger charge is 2.16. The first-order chi connectivity index (χ1) is 5.79. The number of hydrogen-bond acceptors (Lipinski definition) is 2. The zero-order chi connectivity index (χ0) is 8.55. The molecule has 0 aliphatic carbocycles. The van der Waals surface area contributed by atoms with Crippen LogP contribution in [-0.2, 0) is 13.1 Å². The van der Waals surface area contributed by atoms with Gasteiger partial charge in [-0.3, -0.25) is 4.90 Å². The predicted molar refractivity (Wildman–Crippen MR) is 47.9 cm³/mol. The van der Waals surface area contributed by atoms with Gasteiger partial charge >= 0.3 is 0 Å². The lowest BCUT2D eigenvalue weighted by Crippen LogP contribution is -2.14. The van der Waals surface area contributed by atoms with Crippen molar-refractivity contribution in [3.8, 4) is 5.75 Å². The van der Waals surface area contributed by atoms with Gasteiger partial charge in [0.25, 0.3) is 0 Å². The Balaban J connectivity index is 2.30. The molecule has 1 heterocycles. The van der Waals surface area contributed by atoms with Gasteiger partial charge in [-0.05, 0) is 29.8 Å². The molecule has 1 aliphatic heterocycles. The van der Waals surface area contributed by atoms with Crippen LogP contribution >= 0.6 is 0 Å². The maximum Gasteiger partial charge on any atom is 0.115 e. The second kappa shape index (κ2) is 2.79. The van der Waals surface area contributed by atoms with E-state index in [0.29, 0.717) is 5.75 Å². The molecule has 1 aromatic carbocycles.